The van der Waals surface area contributed by atoms with Gasteiger partial charge in [0, 0.05) is 42.7 Å². The van der Waals surface area contributed by atoms with E-state index in [0.29, 0.717) is 92.8 Å². The lowest BCUT2D eigenvalue weighted by molar-refractivity contribution is 0.0809. The van der Waals surface area contributed by atoms with E-state index in [0.717, 1.165) is 12.5 Å². The molecule has 0 unspecified atom stereocenters. The molecule has 2 aliphatic rings. The van der Waals surface area contributed by atoms with E-state index >= 15 is 0 Å². The minimum absolute atomic E-state index is 0.0299. The molecule has 4 N–H and O–H groups in total. The summed E-state index contributed by atoms with van der Waals surface area (Å²) in [6.07, 6.45) is 2.54. The van der Waals surface area contributed by atoms with E-state index in [4.69, 9.17) is 53.7 Å². The summed E-state index contributed by atoms with van der Waals surface area (Å²) >= 11 is 17.9. The van der Waals surface area contributed by atoms with Crippen LogP contribution < -0.4 is 16.4 Å². The molecule has 332 valence electrons. The summed E-state index contributed by atoms with van der Waals surface area (Å²) in [5.74, 6) is 0.616. The number of amides is 2. The minimum atomic E-state index is -3.58. The van der Waals surface area contributed by atoms with Crippen molar-refractivity contribution in [1.29, 1.82) is 0 Å². The van der Waals surface area contributed by atoms with E-state index in [1.54, 1.807) is 85.7 Å². The van der Waals surface area contributed by atoms with Crippen molar-refractivity contribution in [2.24, 2.45) is 0 Å². The van der Waals surface area contributed by atoms with Gasteiger partial charge in [-0.05, 0) is 66.7 Å². The zero-order valence-corrected chi connectivity index (χ0v) is 38.7. The van der Waals surface area contributed by atoms with Gasteiger partial charge in [0.05, 0.1) is 80.3 Å². The summed E-state index contributed by atoms with van der Waals surface area (Å²) < 4.78 is 48.6. The Kier molecular flexibility index (Phi) is 14.3. The lowest BCUT2D eigenvalue weighted by Crippen LogP contribution is -2.18. The van der Waals surface area contributed by atoms with Crippen molar-refractivity contribution < 1.29 is 26.4 Å². The summed E-state index contributed by atoms with van der Waals surface area (Å²) in [7, 11) is -3.75. The molecule has 6 heterocycles. The average Bonchev–Trinajstić information content (AvgIpc) is 3.70. The molecule has 0 saturated carbocycles. The first kappa shape index (κ1) is 47.6. The van der Waals surface area contributed by atoms with E-state index in [9.17, 15) is 26.4 Å². The normalized spacial score (nSPS) is 12.8. The van der Waals surface area contributed by atoms with Crippen LogP contribution in [0, 0.1) is 13.1 Å². The molecule has 17 nitrogen and oxygen atoms in total. The van der Waals surface area contributed by atoms with Crippen molar-refractivity contribution in [2.75, 3.05) is 43.0 Å². The molecule has 4 aromatic heterocycles. The molecule has 6 aromatic rings. The second-order valence-electron chi connectivity index (χ2n) is 14.5. The van der Waals surface area contributed by atoms with Gasteiger partial charge in [-0.3, -0.25) is 14.6 Å². The van der Waals surface area contributed by atoms with E-state index in [-0.39, 0.29) is 37.6 Å². The zero-order valence-electron chi connectivity index (χ0n) is 34.8. The molecule has 2 aromatic carbocycles. The highest BCUT2D eigenvalue weighted by atomic mass is 35.5. The van der Waals surface area contributed by atoms with Crippen molar-refractivity contribution in [3.05, 3.63) is 157 Å². The van der Waals surface area contributed by atoms with Crippen LogP contribution in [-0.4, -0.2) is 85.0 Å². The number of aromatic nitrogens is 4. The number of nitrogen functional groups attached to an aromatic ring is 1. The van der Waals surface area contributed by atoms with E-state index in [1.807, 2.05) is 0 Å². The third-order valence-corrected chi connectivity index (χ3v) is 12.4. The molecule has 2 aliphatic heterocycles. The fourth-order valence-electron chi connectivity index (χ4n) is 6.61. The zero-order chi connectivity index (χ0) is 47.4. The van der Waals surface area contributed by atoms with Crippen LogP contribution in [0.3, 0.4) is 0 Å². The number of nitrogens with one attached hydrogen (secondary N) is 2. The van der Waals surface area contributed by atoms with Crippen LogP contribution in [0.4, 0.5) is 40.2 Å². The molecule has 0 spiro atoms. The predicted molar refractivity (Wildman–Crippen MR) is 249 cm³/mol. The summed E-state index contributed by atoms with van der Waals surface area (Å²) in [5, 5.41) is 6.91. The largest absolute Gasteiger partial charge is 0.364 e. The number of carbonyl (C=O) groups is 2. The fraction of sp³-hybridized carbons (Fsp3) is 0.163. The first-order chi connectivity index (χ1) is 30.6. The molecule has 0 saturated heterocycles. The highest BCUT2D eigenvalue weighted by Crippen LogP contribution is 2.36. The average molecular weight is 973 g/mol. The Morgan fingerprint density at radius 3 is 1.58 bits per heavy atom. The number of hydrogen-bond acceptors (Lipinski definition) is 13. The van der Waals surface area contributed by atoms with Crippen LogP contribution in [0.2, 0.25) is 15.2 Å². The highest BCUT2D eigenvalue weighted by Gasteiger charge is 2.32. The SMILES string of the molecule is CN1Cc2nc(Cl)cc(Nc3ccc(Cl)cc3S(C)(=O)=O)c2C1=O.[C-]#[N+]c1cccc(Cc2cc(Nc3ccc(Cl)cc3S(C)(=O)=O)c3c(n2)CN(C)C3=O)n1.[C-]#[N+]c1cccc(N)n1. The number of nitrogens with zero attached hydrogens (tertiary/aromatic N) is 8. The van der Waals surface area contributed by atoms with Gasteiger partial charge in [0.2, 0.25) is 5.82 Å². The van der Waals surface area contributed by atoms with Crippen molar-refractivity contribution in [1.82, 2.24) is 29.7 Å². The third-order valence-electron chi connectivity index (χ3n) is 9.47. The highest BCUT2D eigenvalue weighted by molar-refractivity contribution is 7.91. The van der Waals surface area contributed by atoms with Crippen molar-refractivity contribution in [2.45, 2.75) is 29.3 Å². The number of carbonyl (C=O) groups excluding carboxylic acids is 2. The maximum Gasteiger partial charge on any atom is 0.271 e. The van der Waals surface area contributed by atoms with Crippen LogP contribution >= 0.6 is 34.8 Å². The van der Waals surface area contributed by atoms with Crippen LogP contribution in [0.25, 0.3) is 9.69 Å². The number of nitrogens with two attached hydrogens (primary N) is 1. The van der Waals surface area contributed by atoms with Crippen LogP contribution in [-0.2, 0) is 39.2 Å². The topological polar surface area (TPSA) is 219 Å². The number of halogens is 3. The summed E-state index contributed by atoms with van der Waals surface area (Å²) in [6.45, 7) is 14.4. The van der Waals surface area contributed by atoms with Gasteiger partial charge in [-0.15, -0.1) is 9.97 Å². The maximum absolute atomic E-state index is 12.8. The van der Waals surface area contributed by atoms with E-state index in [1.165, 1.54) is 23.1 Å². The summed E-state index contributed by atoms with van der Waals surface area (Å²) in [4.78, 5) is 51.5. The molecule has 2 amide bonds. The Morgan fingerprint density at radius 2 is 1.11 bits per heavy atom. The van der Waals surface area contributed by atoms with Gasteiger partial charge in [0.15, 0.2) is 19.7 Å². The van der Waals surface area contributed by atoms with E-state index < -0.39 is 19.7 Å². The third kappa shape index (κ3) is 11.5. The number of rotatable bonds is 8. The van der Waals surface area contributed by atoms with Crippen molar-refractivity contribution in [3.63, 3.8) is 0 Å². The Hall–Kier alpha value is -6.87. The Morgan fingerprint density at radius 1 is 0.631 bits per heavy atom. The number of fused-ring (bicyclic) bond motifs is 2. The minimum Gasteiger partial charge on any atom is -0.364 e. The van der Waals surface area contributed by atoms with Gasteiger partial charge in [-0.2, -0.15) is 0 Å². The molecular weight excluding hydrogens is 937 g/mol. The monoisotopic (exact) mass is 971 g/mol. The van der Waals surface area contributed by atoms with Gasteiger partial charge in [0.1, 0.15) is 10.8 Å². The Bertz CT molecular complexity index is 3220. The molecule has 8 rings (SSSR count). The number of hydrogen-bond donors (Lipinski definition) is 3. The van der Waals surface area contributed by atoms with Gasteiger partial charge in [-0.25, -0.2) is 21.8 Å². The van der Waals surface area contributed by atoms with Gasteiger partial charge in [-0.1, -0.05) is 60.1 Å². The lowest BCUT2D eigenvalue weighted by atomic mass is 10.1. The molecule has 0 radical (unpaired) electrons. The van der Waals surface area contributed by atoms with Crippen LogP contribution in [0.1, 0.15) is 43.5 Å². The number of pyridine rings is 4. The summed E-state index contributed by atoms with van der Waals surface area (Å²) in [5.41, 5.74) is 9.99. The van der Waals surface area contributed by atoms with Crippen LogP contribution in [0.5, 0.6) is 0 Å². The first-order valence-corrected chi connectivity index (χ1v) is 23.8. The van der Waals surface area contributed by atoms with Gasteiger partial charge >= 0.3 is 0 Å². The standard InChI is InChI=1S/C22H18ClN5O3S.C15H13Cl2N3O3S.C6H5N3/c1-24-20-6-4-5-14(26-20)10-15-11-17(21-18(25-15)12-28(2)22(21)29)27-16-8-7-13(23)9-19(16)32(3,30)31;1-20-7-11-14(15(20)21)10(6-13(17)19-11)18-9-4-3-8(16)5-12(9)24(2,22)23;1-8-6-4-2-3-5(7)9-6/h4-9,11H,10,12H2,2-3H3,(H,25,27);3-6H,7H2,1-2H3,(H,18,19);2-4H,(H2,7,9). The number of sulfone groups is 2. The van der Waals surface area contributed by atoms with E-state index in [2.05, 4.69) is 40.3 Å². The second kappa shape index (κ2) is 19.5. The van der Waals surface area contributed by atoms with Crippen molar-refractivity contribution >= 4 is 106 Å². The first-order valence-electron chi connectivity index (χ1n) is 18.8. The molecule has 22 heteroatoms. The Balaban J connectivity index is 0.000000186. The fourth-order valence-corrected chi connectivity index (χ4v) is 9.01. The smallest absolute Gasteiger partial charge is 0.271 e. The van der Waals surface area contributed by atoms with Crippen molar-refractivity contribution in [3.8, 4) is 0 Å². The quantitative estimate of drug-likeness (QED) is 0.0966. The molecule has 0 atom stereocenters. The van der Waals surface area contributed by atoms with Crippen LogP contribution in [0.15, 0.2) is 94.7 Å². The van der Waals surface area contributed by atoms with Gasteiger partial charge < -0.3 is 35.9 Å². The second-order valence-corrected chi connectivity index (χ2v) is 19.7. The molecular formula is C43H36Cl3N11O6S2. The summed E-state index contributed by atoms with van der Waals surface area (Å²) in [6, 6.07) is 22.3. The number of anilines is 5. The maximum atomic E-state index is 12.8. The molecule has 0 aliphatic carbocycles. The molecule has 0 fully saturated rings. The molecule has 0 bridgehead atoms. The Labute approximate surface area is 389 Å². The lowest BCUT2D eigenvalue weighted by Gasteiger charge is -2.15. The van der Waals surface area contributed by atoms with Gasteiger partial charge in [0.25, 0.3) is 23.5 Å². The number of benzene rings is 2. The predicted octanol–water partition coefficient (Wildman–Crippen LogP) is 8.34. The molecule has 65 heavy (non-hydrogen) atoms.